The zero-order valence-electron chi connectivity index (χ0n) is 16.4. The van der Waals surface area contributed by atoms with Gasteiger partial charge in [0.1, 0.15) is 12.4 Å². The summed E-state index contributed by atoms with van der Waals surface area (Å²) in [4.78, 5) is 15.0. The fourth-order valence-electron chi connectivity index (χ4n) is 3.98. The van der Waals surface area contributed by atoms with Gasteiger partial charge in [0.05, 0.1) is 18.3 Å². The maximum absolute atomic E-state index is 13.2. The molecule has 1 fully saturated rings. The largest absolute Gasteiger partial charge is 0.488 e. The third-order valence-electron chi connectivity index (χ3n) is 5.59. The number of hydrogen-bond donors (Lipinski definition) is 2. The highest BCUT2D eigenvalue weighted by Gasteiger charge is 2.43. The smallest absolute Gasteiger partial charge is 0.257 e. The molecule has 0 radical (unpaired) electrons. The van der Waals surface area contributed by atoms with Crippen LogP contribution in [-0.4, -0.2) is 46.8 Å². The van der Waals surface area contributed by atoms with Crippen LogP contribution >= 0.6 is 0 Å². The van der Waals surface area contributed by atoms with E-state index in [9.17, 15) is 15.0 Å². The summed E-state index contributed by atoms with van der Waals surface area (Å²) in [5, 5.41) is 20.4. The van der Waals surface area contributed by atoms with Gasteiger partial charge in [-0.1, -0.05) is 55.8 Å². The number of rotatable bonds is 7. The number of para-hydroxylation sites is 1. The predicted molar refractivity (Wildman–Crippen MR) is 108 cm³/mol. The molecule has 3 rings (SSSR count). The van der Waals surface area contributed by atoms with Crippen LogP contribution in [0.2, 0.25) is 0 Å². The van der Waals surface area contributed by atoms with E-state index in [2.05, 4.69) is 0 Å². The Kier molecular flexibility index (Phi) is 6.70. The molecule has 1 amide bonds. The second kappa shape index (κ2) is 9.22. The molecular weight excluding hydrogens is 354 g/mol. The average Bonchev–Trinajstić information content (AvgIpc) is 2.74. The van der Waals surface area contributed by atoms with E-state index in [1.807, 2.05) is 49.4 Å². The summed E-state index contributed by atoms with van der Waals surface area (Å²) in [6, 6.07) is 17.1. The Bertz CT molecular complexity index is 779. The van der Waals surface area contributed by atoms with Crippen LogP contribution in [0.1, 0.15) is 42.1 Å². The van der Waals surface area contributed by atoms with E-state index < -0.39 is 11.5 Å². The Labute approximate surface area is 166 Å². The van der Waals surface area contributed by atoms with Gasteiger partial charge in [-0.25, -0.2) is 0 Å². The zero-order chi connectivity index (χ0) is 20.0. The number of ether oxygens (including phenoxy) is 1. The van der Waals surface area contributed by atoms with Crippen molar-refractivity contribution >= 4 is 5.91 Å². The SMILES string of the molecule is CCC[C@@]1(CO)CN(C(=O)c2ccccc2OCc2ccccc2)CC[C@@H]1O. The van der Waals surface area contributed by atoms with E-state index in [4.69, 9.17) is 4.74 Å². The lowest BCUT2D eigenvalue weighted by molar-refractivity contribution is -0.0720. The summed E-state index contributed by atoms with van der Waals surface area (Å²) in [7, 11) is 0. The summed E-state index contributed by atoms with van der Waals surface area (Å²) in [6.07, 6.45) is 1.40. The zero-order valence-corrected chi connectivity index (χ0v) is 16.4. The van der Waals surface area contributed by atoms with Crippen LogP contribution in [-0.2, 0) is 6.61 Å². The minimum Gasteiger partial charge on any atom is -0.488 e. The number of likely N-dealkylation sites (tertiary alicyclic amines) is 1. The molecule has 2 N–H and O–H groups in total. The highest BCUT2D eigenvalue weighted by molar-refractivity contribution is 5.97. The molecule has 0 saturated carbocycles. The van der Waals surface area contributed by atoms with Crippen LogP contribution < -0.4 is 4.74 Å². The number of benzene rings is 2. The Morgan fingerprint density at radius 1 is 1.18 bits per heavy atom. The van der Waals surface area contributed by atoms with Crippen LogP contribution in [0.5, 0.6) is 5.75 Å². The van der Waals surface area contributed by atoms with Crippen LogP contribution in [0.4, 0.5) is 0 Å². The molecule has 1 aliphatic heterocycles. The quantitative estimate of drug-likeness (QED) is 0.770. The summed E-state index contributed by atoms with van der Waals surface area (Å²) >= 11 is 0. The molecule has 0 bridgehead atoms. The molecule has 1 heterocycles. The Balaban J connectivity index is 1.77. The van der Waals surface area contributed by atoms with E-state index in [1.165, 1.54) is 0 Å². The van der Waals surface area contributed by atoms with E-state index in [0.717, 1.165) is 12.0 Å². The van der Waals surface area contributed by atoms with Gasteiger partial charge in [-0.15, -0.1) is 0 Å². The van der Waals surface area contributed by atoms with Gasteiger partial charge in [0, 0.05) is 18.5 Å². The van der Waals surface area contributed by atoms with Gasteiger partial charge < -0.3 is 19.8 Å². The molecule has 0 spiro atoms. The lowest BCUT2D eigenvalue weighted by atomic mass is 9.74. The molecule has 0 aliphatic carbocycles. The fourth-order valence-corrected chi connectivity index (χ4v) is 3.98. The Morgan fingerprint density at radius 3 is 2.61 bits per heavy atom. The number of nitrogens with zero attached hydrogens (tertiary/aromatic N) is 1. The first-order chi connectivity index (χ1) is 13.6. The fraction of sp³-hybridized carbons (Fsp3) is 0.435. The Morgan fingerprint density at radius 2 is 1.89 bits per heavy atom. The average molecular weight is 383 g/mol. The number of amides is 1. The van der Waals surface area contributed by atoms with Crippen molar-refractivity contribution in [3.63, 3.8) is 0 Å². The third kappa shape index (κ3) is 4.37. The summed E-state index contributed by atoms with van der Waals surface area (Å²) < 4.78 is 5.94. The molecule has 0 unspecified atom stereocenters. The van der Waals surface area contributed by atoms with E-state index in [0.29, 0.717) is 43.9 Å². The maximum Gasteiger partial charge on any atom is 0.257 e. The molecule has 2 aromatic rings. The van der Waals surface area contributed by atoms with Crippen molar-refractivity contribution in [3.05, 3.63) is 65.7 Å². The van der Waals surface area contributed by atoms with E-state index in [1.54, 1.807) is 17.0 Å². The molecule has 0 aromatic heterocycles. The lowest BCUT2D eigenvalue weighted by Crippen LogP contribution is -2.55. The maximum atomic E-state index is 13.2. The van der Waals surface area contributed by atoms with Crippen molar-refractivity contribution in [2.75, 3.05) is 19.7 Å². The number of aliphatic hydroxyl groups is 2. The molecule has 28 heavy (non-hydrogen) atoms. The number of piperidine rings is 1. The molecule has 150 valence electrons. The van der Waals surface area contributed by atoms with Crippen LogP contribution in [0.15, 0.2) is 54.6 Å². The van der Waals surface area contributed by atoms with Gasteiger partial charge >= 0.3 is 0 Å². The second-order valence-electron chi connectivity index (χ2n) is 7.57. The minimum atomic E-state index is -0.650. The summed E-state index contributed by atoms with van der Waals surface area (Å²) in [6.45, 7) is 3.11. The van der Waals surface area contributed by atoms with E-state index in [-0.39, 0.29) is 12.5 Å². The standard InChI is InChI=1S/C23H29NO4/c1-2-13-23(17-25)16-24(14-12-21(23)26)22(27)19-10-6-7-11-20(19)28-15-18-8-4-3-5-9-18/h3-11,21,25-26H,2,12-17H2,1H3/t21-,23-/m0/s1. The summed E-state index contributed by atoms with van der Waals surface area (Å²) in [5.74, 6) is 0.428. The minimum absolute atomic E-state index is 0.121. The number of carbonyl (C=O) groups is 1. The number of carbonyl (C=O) groups excluding carboxylic acids is 1. The van der Waals surface area contributed by atoms with Crippen LogP contribution in [0.25, 0.3) is 0 Å². The number of hydrogen-bond acceptors (Lipinski definition) is 4. The molecular formula is C23H29NO4. The molecule has 2 aromatic carbocycles. The first-order valence-corrected chi connectivity index (χ1v) is 9.93. The molecule has 5 heteroatoms. The Hall–Kier alpha value is -2.37. The highest BCUT2D eigenvalue weighted by atomic mass is 16.5. The lowest BCUT2D eigenvalue weighted by Gasteiger charge is -2.45. The molecule has 1 saturated heterocycles. The first kappa shape index (κ1) is 20.4. The molecule has 1 aliphatic rings. The normalized spacial score (nSPS) is 22.1. The topological polar surface area (TPSA) is 70.0 Å². The first-order valence-electron chi connectivity index (χ1n) is 9.93. The molecule has 5 nitrogen and oxygen atoms in total. The van der Waals surface area contributed by atoms with Gasteiger partial charge in [-0.3, -0.25) is 4.79 Å². The van der Waals surface area contributed by atoms with E-state index >= 15 is 0 Å². The number of aliphatic hydroxyl groups excluding tert-OH is 2. The van der Waals surface area contributed by atoms with Gasteiger partial charge in [-0.05, 0) is 30.5 Å². The van der Waals surface area contributed by atoms with Crippen molar-refractivity contribution in [3.8, 4) is 5.75 Å². The van der Waals surface area contributed by atoms with Crippen LogP contribution in [0.3, 0.4) is 0 Å². The van der Waals surface area contributed by atoms with Crippen molar-refractivity contribution < 1.29 is 19.7 Å². The van der Waals surface area contributed by atoms with Crippen molar-refractivity contribution in [1.29, 1.82) is 0 Å². The predicted octanol–water partition coefficient (Wildman–Crippen LogP) is 3.25. The van der Waals surface area contributed by atoms with Crippen molar-refractivity contribution in [1.82, 2.24) is 4.90 Å². The highest BCUT2D eigenvalue weighted by Crippen LogP contribution is 2.36. The van der Waals surface area contributed by atoms with Crippen molar-refractivity contribution in [2.24, 2.45) is 5.41 Å². The third-order valence-corrected chi connectivity index (χ3v) is 5.59. The monoisotopic (exact) mass is 383 g/mol. The summed E-state index contributed by atoms with van der Waals surface area (Å²) in [5.41, 5.74) is 0.897. The van der Waals surface area contributed by atoms with Gasteiger partial charge in [0.2, 0.25) is 0 Å². The van der Waals surface area contributed by atoms with Gasteiger partial charge in [0.15, 0.2) is 0 Å². The second-order valence-corrected chi connectivity index (χ2v) is 7.57. The van der Waals surface area contributed by atoms with Crippen molar-refractivity contribution in [2.45, 2.75) is 38.9 Å². The van der Waals surface area contributed by atoms with Gasteiger partial charge in [-0.2, -0.15) is 0 Å². The molecule has 2 atom stereocenters. The van der Waals surface area contributed by atoms with Gasteiger partial charge in [0.25, 0.3) is 5.91 Å². The van der Waals surface area contributed by atoms with Crippen LogP contribution in [0, 0.1) is 5.41 Å².